The van der Waals surface area contributed by atoms with E-state index in [2.05, 4.69) is 6.20 Å². The first kappa shape index (κ1) is 17.8. The first-order valence-electron chi connectivity index (χ1n) is 8.94. The largest absolute Gasteiger partial charge is 0.444 e. The third-order valence-corrected chi connectivity index (χ3v) is 4.71. The van der Waals surface area contributed by atoms with Crippen LogP contribution in [0.1, 0.15) is 39.2 Å². The summed E-state index contributed by atoms with van der Waals surface area (Å²) in [5.74, 6) is 0.186. The van der Waals surface area contributed by atoms with Crippen molar-refractivity contribution in [1.29, 1.82) is 0 Å². The topological polar surface area (TPSA) is 34.5 Å². The number of hydrogen-bond acceptors (Lipinski definition) is 2. The quantitative estimate of drug-likeness (QED) is 0.802. The lowest BCUT2D eigenvalue weighted by molar-refractivity contribution is 0.0166. The van der Waals surface area contributed by atoms with Gasteiger partial charge in [0.2, 0.25) is 0 Å². The highest BCUT2D eigenvalue weighted by Gasteiger charge is 2.28. The third-order valence-electron chi connectivity index (χ3n) is 4.71. The Morgan fingerprint density at radius 1 is 1.36 bits per heavy atom. The Morgan fingerprint density at radius 2 is 2.12 bits per heavy atom. The maximum atomic E-state index is 13.5. The van der Waals surface area contributed by atoms with E-state index in [1.807, 2.05) is 43.4 Å². The van der Waals surface area contributed by atoms with Crippen molar-refractivity contribution in [2.45, 2.75) is 45.6 Å². The number of rotatable bonds is 2. The normalized spacial score (nSPS) is 18.6. The van der Waals surface area contributed by atoms with Gasteiger partial charge in [0.05, 0.1) is 5.52 Å². The first-order chi connectivity index (χ1) is 11.7. The van der Waals surface area contributed by atoms with Gasteiger partial charge in [-0.15, -0.1) is 0 Å². The minimum absolute atomic E-state index is 0.214. The van der Waals surface area contributed by atoms with E-state index in [4.69, 9.17) is 4.74 Å². The second kappa shape index (κ2) is 6.70. The Labute approximate surface area is 148 Å². The molecular formula is C20H27FN2O2. The van der Waals surface area contributed by atoms with E-state index in [-0.39, 0.29) is 11.9 Å². The fourth-order valence-corrected chi connectivity index (χ4v) is 3.64. The van der Waals surface area contributed by atoms with Gasteiger partial charge in [0, 0.05) is 31.7 Å². The molecule has 0 bridgehead atoms. The van der Waals surface area contributed by atoms with Gasteiger partial charge >= 0.3 is 6.09 Å². The Bertz CT molecular complexity index is 776. The summed E-state index contributed by atoms with van der Waals surface area (Å²) in [5, 5.41) is 1.10. The number of likely N-dealkylation sites (tertiary alicyclic amines) is 1. The van der Waals surface area contributed by atoms with Crippen LogP contribution in [0.25, 0.3) is 10.9 Å². The Hall–Kier alpha value is -2.04. The zero-order valence-corrected chi connectivity index (χ0v) is 15.5. The maximum Gasteiger partial charge on any atom is 0.410 e. The number of carbonyl (C=O) groups excluding carboxylic acids is 1. The van der Waals surface area contributed by atoms with Crippen LogP contribution >= 0.6 is 0 Å². The molecule has 1 aliphatic heterocycles. The van der Waals surface area contributed by atoms with Gasteiger partial charge in [-0.25, -0.2) is 9.18 Å². The van der Waals surface area contributed by atoms with Crippen molar-refractivity contribution >= 4 is 17.0 Å². The van der Waals surface area contributed by atoms with E-state index < -0.39 is 5.60 Å². The monoisotopic (exact) mass is 346 g/mol. The fourth-order valence-electron chi connectivity index (χ4n) is 3.64. The average molecular weight is 346 g/mol. The molecule has 136 valence electrons. The van der Waals surface area contributed by atoms with Crippen molar-refractivity contribution in [2.75, 3.05) is 13.1 Å². The number of hydrogen-bond donors (Lipinski definition) is 0. The molecule has 1 fully saturated rings. The van der Waals surface area contributed by atoms with Crippen molar-refractivity contribution in [3.05, 3.63) is 35.8 Å². The standard InChI is InChI=1S/C20H27FN2O2/c1-20(2,3)25-19(24)23-9-5-6-14(12-23)10-15-13-22(4)18-11-16(21)7-8-17(15)18/h7-8,11,13-14H,5-6,9-10,12H2,1-4H3/t14-/m0/s1. The number of ether oxygens (including phenoxy) is 1. The second-order valence-corrected chi connectivity index (χ2v) is 8.07. The predicted molar refractivity (Wildman–Crippen MR) is 97.1 cm³/mol. The molecule has 1 amide bonds. The molecule has 25 heavy (non-hydrogen) atoms. The number of carbonyl (C=O) groups is 1. The molecule has 1 aliphatic rings. The summed E-state index contributed by atoms with van der Waals surface area (Å²) in [5.41, 5.74) is 1.66. The number of piperidine rings is 1. The molecular weight excluding hydrogens is 319 g/mol. The van der Waals surface area contributed by atoms with Crippen molar-refractivity contribution in [2.24, 2.45) is 13.0 Å². The summed E-state index contributed by atoms with van der Waals surface area (Å²) < 4.78 is 21.0. The smallest absolute Gasteiger partial charge is 0.410 e. The van der Waals surface area contributed by atoms with E-state index in [0.717, 1.165) is 36.7 Å². The lowest BCUT2D eigenvalue weighted by Gasteiger charge is -2.34. The molecule has 0 N–H and O–H groups in total. The van der Waals surface area contributed by atoms with Crippen molar-refractivity contribution in [3.8, 4) is 0 Å². The van der Waals surface area contributed by atoms with Crippen LogP contribution in [0.3, 0.4) is 0 Å². The number of fused-ring (bicyclic) bond motifs is 1. The molecule has 2 aromatic rings. The Balaban J connectivity index is 1.72. The molecule has 0 saturated carbocycles. The van der Waals surface area contributed by atoms with Crippen LogP contribution in [-0.4, -0.2) is 34.3 Å². The summed E-state index contributed by atoms with van der Waals surface area (Å²) in [7, 11) is 1.94. The van der Waals surface area contributed by atoms with E-state index in [1.165, 1.54) is 11.6 Å². The molecule has 0 radical (unpaired) electrons. The molecule has 0 aliphatic carbocycles. The van der Waals surface area contributed by atoms with Gasteiger partial charge < -0.3 is 14.2 Å². The van der Waals surface area contributed by atoms with E-state index in [1.54, 1.807) is 6.07 Å². The summed E-state index contributed by atoms with van der Waals surface area (Å²) in [6.07, 6.45) is 4.83. The van der Waals surface area contributed by atoms with Crippen LogP contribution in [0, 0.1) is 11.7 Å². The SMILES string of the molecule is Cn1cc(C[C@@H]2CCCN(C(=O)OC(C)(C)C)C2)c2ccc(F)cc21. The van der Waals surface area contributed by atoms with Crippen molar-refractivity contribution in [1.82, 2.24) is 9.47 Å². The third kappa shape index (κ3) is 4.14. The predicted octanol–water partition coefficient (Wildman–Crippen LogP) is 4.51. The fraction of sp³-hybridized carbons (Fsp3) is 0.550. The van der Waals surface area contributed by atoms with Crippen LogP contribution in [0.4, 0.5) is 9.18 Å². The number of aromatic nitrogens is 1. The molecule has 0 spiro atoms. The van der Waals surface area contributed by atoms with E-state index in [0.29, 0.717) is 12.5 Å². The van der Waals surface area contributed by atoms with Gasteiger partial charge in [-0.3, -0.25) is 0 Å². The lowest BCUT2D eigenvalue weighted by Crippen LogP contribution is -2.43. The van der Waals surface area contributed by atoms with Crippen LogP contribution in [0.2, 0.25) is 0 Å². The van der Waals surface area contributed by atoms with Crippen molar-refractivity contribution < 1.29 is 13.9 Å². The molecule has 1 atom stereocenters. The molecule has 0 unspecified atom stereocenters. The molecule has 4 nitrogen and oxygen atoms in total. The van der Waals surface area contributed by atoms with Crippen molar-refractivity contribution in [3.63, 3.8) is 0 Å². The highest BCUT2D eigenvalue weighted by molar-refractivity contribution is 5.84. The van der Waals surface area contributed by atoms with Gasteiger partial charge in [-0.05, 0) is 69.7 Å². The van der Waals surface area contributed by atoms with Gasteiger partial charge in [-0.1, -0.05) is 0 Å². The second-order valence-electron chi connectivity index (χ2n) is 8.07. The van der Waals surface area contributed by atoms with Crippen LogP contribution in [0.5, 0.6) is 0 Å². The van der Waals surface area contributed by atoms with Crippen LogP contribution in [-0.2, 0) is 18.2 Å². The zero-order chi connectivity index (χ0) is 18.2. The van der Waals surface area contributed by atoms with Gasteiger partial charge in [0.1, 0.15) is 11.4 Å². The van der Waals surface area contributed by atoms with Crippen LogP contribution < -0.4 is 0 Å². The molecule has 1 aromatic carbocycles. The summed E-state index contributed by atoms with van der Waals surface area (Å²) in [6.45, 7) is 7.14. The molecule has 1 aromatic heterocycles. The minimum atomic E-state index is -0.469. The summed E-state index contributed by atoms with van der Waals surface area (Å²) in [6, 6.07) is 4.95. The molecule has 1 saturated heterocycles. The number of nitrogens with zero attached hydrogens (tertiary/aromatic N) is 2. The van der Waals surface area contributed by atoms with Gasteiger partial charge in [0.15, 0.2) is 0 Å². The average Bonchev–Trinajstić information content (AvgIpc) is 2.81. The van der Waals surface area contributed by atoms with Gasteiger partial charge in [0.25, 0.3) is 0 Å². The molecule has 3 rings (SSSR count). The zero-order valence-electron chi connectivity index (χ0n) is 15.5. The Kier molecular flexibility index (Phi) is 4.76. The highest BCUT2D eigenvalue weighted by Crippen LogP contribution is 2.28. The van der Waals surface area contributed by atoms with Gasteiger partial charge in [-0.2, -0.15) is 0 Å². The summed E-state index contributed by atoms with van der Waals surface area (Å²) in [4.78, 5) is 14.1. The van der Waals surface area contributed by atoms with E-state index in [9.17, 15) is 9.18 Å². The number of halogens is 1. The lowest BCUT2D eigenvalue weighted by atomic mass is 9.91. The first-order valence-corrected chi connectivity index (χ1v) is 8.94. The number of amides is 1. The van der Waals surface area contributed by atoms with Crippen LogP contribution in [0.15, 0.2) is 24.4 Å². The molecule has 5 heteroatoms. The minimum Gasteiger partial charge on any atom is -0.444 e. The molecule has 2 heterocycles. The Morgan fingerprint density at radius 3 is 2.84 bits per heavy atom. The summed E-state index contributed by atoms with van der Waals surface area (Å²) >= 11 is 0. The number of aryl methyl sites for hydroxylation is 1. The maximum absolute atomic E-state index is 13.5. The number of benzene rings is 1. The van der Waals surface area contributed by atoms with E-state index >= 15 is 0 Å². The highest BCUT2D eigenvalue weighted by atomic mass is 19.1.